The van der Waals surface area contributed by atoms with E-state index in [9.17, 15) is 9.90 Å². The van der Waals surface area contributed by atoms with E-state index in [0.29, 0.717) is 11.0 Å². The van der Waals surface area contributed by atoms with Gasteiger partial charge in [-0.25, -0.2) is 4.68 Å². The second-order valence-corrected chi connectivity index (χ2v) is 9.51. The quantitative estimate of drug-likeness (QED) is 0.697. The highest BCUT2D eigenvalue weighted by atomic mass is 16.3. The summed E-state index contributed by atoms with van der Waals surface area (Å²) < 4.78 is 2.07. The molecule has 6 nitrogen and oxygen atoms in total. The van der Waals surface area contributed by atoms with Gasteiger partial charge in [0, 0.05) is 17.4 Å². The normalized spacial score (nSPS) is 26.3. The van der Waals surface area contributed by atoms with Crippen LogP contribution in [-0.2, 0) is 12.8 Å². The second-order valence-electron chi connectivity index (χ2n) is 9.51. The second kappa shape index (κ2) is 8.06. The molecule has 1 heterocycles. The first-order valence-electron chi connectivity index (χ1n) is 11.3. The van der Waals surface area contributed by atoms with Crippen molar-refractivity contribution in [3.8, 4) is 5.69 Å². The number of nitrogens with zero attached hydrogens (tertiary/aromatic N) is 2. The number of anilines is 1. The van der Waals surface area contributed by atoms with Crippen molar-refractivity contribution in [1.29, 1.82) is 0 Å². The van der Waals surface area contributed by atoms with Crippen molar-refractivity contribution in [1.82, 2.24) is 9.78 Å². The van der Waals surface area contributed by atoms with Crippen molar-refractivity contribution in [3.05, 3.63) is 40.7 Å². The summed E-state index contributed by atoms with van der Waals surface area (Å²) in [6.07, 6.45) is 7.55. The molecule has 4 N–H and O–H groups in total. The molecule has 0 bridgehead atoms. The summed E-state index contributed by atoms with van der Waals surface area (Å²) in [5.41, 5.74) is 11.9. The van der Waals surface area contributed by atoms with Crippen LogP contribution in [0.3, 0.4) is 0 Å². The molecule has 1 atom stereocenters. The Labute approximate surface area is 178 Å². The van der Waals surface area contributed by atoms with Crippen LogP contribution in [-0.4, -0.2) is 32.9 Å². The zero-order chi connectivity index (χ0) is 21.5. The van der Waals surface area contributed by atoms with Gasteiger partial charge < -0.3 is 16.2 Å². The minimum Gasteiger partial charge on any atom is -0.393 e. The average molecular weight is 411 g/mol. The lowest BCUT2D eigenvalue weighted by Crippen LogP contribution is -2.29. The molecule has 162 valence electrons. The number of nitrogens with two attached hydrogens (primary N) is 1. The Hall–Kier alpha value is -2.34. The molecule has 0 spiro atoms. The number of aliphatic hydroxyl groups is 1. The Kier molecular flexibility index (Phi) is 5.62. The number of fused-ring (bicyclic) bond motifs is 1. The van der Waals surface area contributed by atoms with Gasteiger partial charge >= 0.3 is 0 Å². The van der Waals surface area contributed by atoms with Gasteiger partial charge in [-0.05, 0) is 81.0 Å². The van der Waals surface area contributed by atoms with E-state index < -0.39 is 5.91 Å². The number of aryl methyl sites for hydroxylation is 1. The maximum absolute atomic E-state index is 12.0. The number of aromatic nitrogens is 2. The molecule has 0 saturated heterocycles. The molecule has 1 amide bonds. The zero-order valence-electron chi connectivity index (χ0n) is 18.4. The fraction of sp³-hybridized carbons (Fsp3) is 0.583. The highest BCUT2D eigenvalue weighted by Crippen LogP contribution is 2.40. The Bertz CT molecular complexity index is 943. The molecule has 0 radical (unpaired) electrons. The zero-order valence-corrected chi connectivity index (χ0v) is 18.4. The van der Waals surface area contributed by atoms with E-state index in [4.69, 9.17) is 10.8 Å². The molecule has 2 aliphatic carbocycles. The van der Waals surface area contributed by atoms with E-state index in [1.807, 2.05) is 18.2 Å². The summed E-state index contributed by atoms with van der Waals surface area (Å²) in [6, 6.07) is 6.00. The molecule has 2 aliphatic rings. The molecule has 1 fully saturated rings. The molecule has 0 aliphatic heterocycles. The van der Waals surface area contributed by atoms with Crippen LogP contribution in [0.2, 0.25) is 0 Å². The lowest BCUT2D eigenvalue weighted by molar-refractivity contribution is 0.100. The van der Waals surface area contributed by atoms with E-state index in [1.165, 1.54) is 17.7 Å². The van der Waals surface area contributed by atoms with E-state index in [1.54, 1.807) is 0 Å². The third-order valence-electron chi connectivity index (χ3n) is 7.29. The molecule has 1 unspecified atom stereocenters. The minimum atomic E-state index is -0.433. The summed E-state index contributed by atoms with van der Waals surface area (Å²) in [6.45, 7) is 6.72. The topological polar surface area (TPSA) is 93.2 Å². The monoisotopic (exact) mass is 410 g/mol. The van der Waals surface area contributed by atoms with Crippen LogP contribution in [0.1, 0.15) is 79.7 Å². The summed E-state index contributed by atoms with van der Waals surface area (Å²) in [4.78, 5) is 12.0. The number of carbonyl (C=O) groups is 1. The number of benzene rings is 1. The molecular formula is C24H34N4O2. The van der Waals surface area contributed by atoms with Gasteiger partial charge in [0.15, 0.2) is 0 Å². The molecule has 2 aromatic rings. The van der Waals surface area contributed by atoms with Gasteiger partial charge in [0.05, 0.1) is 23.0 Å². The molecule has 6 heteroatoms. The molecule has 1 aromatic carbocycles. The number of aliphatic hydroxyl groups excluding tert-OH is 1. The third kappa shape index (κ3) is 3.97. The van der Waals surface area contributed by atoms with Crippen molar-refractivity contribution in [2.24, 2.45) is 11.1 Å². The van der Waals surface area contributed by atoms with Gasteiger partial charge in [-0.2, -0.15) is 5.10 Å². The number of hydrogen-bond donors (Lipinski definition) is 3. The highest BCUT2D eigenvalue weighted by molar-refractivity contribution is 5.99. The van der Waals surface area contributed by atoms with Gasteiger partial charge in [0.25, 0.3) is 5.91 Å². The first-order chi connectivity index (χ1) is 14.3. The molecule has 4 rings (SSSR count). The van der Waals surface area contributed by atoms with Crippen LogP contribution >= 0.6 is 0 Å². The molecule has 1 saturated carbocycles. The van der Waals surface area contributed by atoms with Gasteiger partial charge in [-0.15, -0.1) is 0 Å². The van der Waals surface area contributed by atoms with E-state index >= 15 is 0 Å². The summed E-state index contributed by atoms with van der Waals surface area (Å²) in [7, 11) is 0. The number of amides is 1. The fourth-order valence-electron chi connectivity index (χ4n) is 4.99. The Balaban J connectivity index is 1.70. The minimum absolute atomic E-state index is 0.212. The lowest BCUT2D eigenvalue weighted by Gasteiger charge is -2.33. The lowest BCUT2D eigenvalue weighted by atomic mass is 9.73. The van der Waals surface area contributed by atoms with Gasteiger partial charge in [-0.3, -0.25) is 4.79 Å². The molecular weight excluding hydrogens is 376 g/mol. The number of primary amides is 1. The predicted octanol–water partition coefficient (Wildman–Crippen LogP) is 3.90. The summed E-state index contributed by atoms with van der Waals surface area (Å²) in [5, 5.41) is 18.2. The van der Waals surface area contributed by atoms with E-state index in [-0.39, 0.29) is 12.1 Å². The summed E-state index contributed by atoms with van der Waals surface area (Å²) >= 11 is 0. The molecule has 1 aromatic heterocycles. The van der Waals surface area contributed by atoms with Gasteiger partial charge in [0.1, 0.15) is 0 Å². The van der Waals surface area contributed by atoms with Crippen LogP contribution in [0.5, 0.6) is 0 Å². The van der Waals surface area contributed by atoms with Crippen LogP contribution in [0.15, 0.2) is 18.2 Å². The Morgan fingerprint density at radius 1 is 1.33 bits per heavy atom. The van der Waals surface area contributed by atoms with Gasteiger partial charge in [0.2, 0.25) is 0 Å². The van der Waals surface area contributed by atoms with Crippen molar-refractivity contribution in [2.75, 3.05) is 5.32 Å². The Morgan fingerprint density at radius 3 is 2.73 bits per heavy atom. The smallest absolute Gasteiger partial charge is 0.250 e. The van der Waals surface area contributed by atoms with Crippen molar-refractivity contribution < 1.29 is 9.90 Å². The highest BCUT2D eigenvalue weighted by Gasteiger charge is 2.32. The number of carbonyl (C=O) groups excluding carboxylic acids is 1. The number of rotatable bonds is 5. The largest absolute Gasteiger partial charge is 0.393 e. The van der Waals surface area contributed by atoms with Crippen molar-refractivity contribution >= 4 is 11.6 Å². The summed E-state index contributed by atoms with van der Waals surface area (Å²) in [5.74, 6) is -0.433. The van der Waals surface area contributed by atoms with Gasteiger partial charge in [-0.1, -0.05) is 20.3 Å². The van der Waals surface area contributed by atoms with Crippen LogP contribution < -0.4 is 11.1 Å². The van der Waals surface area contributed by atoms with Crippen LogP contribution in [0.25, 0.3) is 5.69 Å². The van der Waals surface area contributed by atoms with Crippen molar-refractivity contribution in [2.45, 2.75) is 84.3 Å². The first-order valence-corrected chi connectivity index (χ1v) is 11.3. The standard InChI is InChI=1S/C24H34N4O2/c1-4-24(3)12-11-19-15(2)27-28(22(19)14-24)17-7-10-20(23(25)30)21(13-17)26-16-5-8-18(29)9-6-16/h7,10,13,16,18,26,29H,4-6,8-9,11-12,14H2,1-3H3,(H2,25,30). The first kappa shape index (κ1) is 20.9. The maximum atomic E-state index is 12.0. The third-order valence-corrected chi connectivity index (χ3v) is 7.29. The van der Waals surface area contributed by atoms with E-state index in [0.717, 1.165) is 62.0 Å². The average Bonchev–Trinajstić information content (AvgIpc) is 3.05. The predicted molar refractivity (Wildman–Crippen MR) is 119 cm³/mol. The number of hydrogen-bond acceptors (Lipinski definition) is 4. The Morgan fingerprint density at radius 2 is 2.07 bits per heavy atom. The fourth-order valence-corrected chi connectivity index (χ4v) is 4.99. The maximum Gasteiger partial charge on any atom is 0.250 e. The number of nitrogens with one attached hydrogen (secondary N) is 1. The SMILES string of the molecule is CCC1(C)CCc2c(C)nn(-c3ccc(C(N)=O)c(NC4CCC(O)CC4)c3)c2C1. The molecule has 30 heavy (non-hydrogen) atoms. The van der Waals surface area contributed by atoms with E-state index in [2.05, 4.69) is 30.8 Å². The van der Waals surface area contributed by atoms with Crippen LogP contribution in [0.4, 0.5) is 5.69 Å². The van der Waals surface area contributed by atoms with Crippen molar-refractivity contribution in [3.63, 3.8) is 0 Å². The van der Waals surface area contributed by atoms with Crippen LogP contribution in [0, 0.1) is 12.3 Å².